The molecule has 1 saturated heterocycles. The van der Waals surface area contributed by atoms with Crippen molar-refractivity contribution in [1.29, 1.82) is 0 Å². The number of imide groups is 1. The molecule has 19 nitrogen and oxygen atoms in total. The Balaban J connectivity index is 0.00000648. The number of unbranched alkanes of at least 4 members (excludes halogenated alkanes) is 2. The van der Waals surface area contributed by atoms with E-state index in [0.717, 1.165) is 11.1 Å². The predicted octanol–water partition coefficient (Wildman–Crippen LogP) is -1.87. The van der Waals surface area contributed by atoms with Crippen molar-refractivity contribution in [3.63, 3.8) is 0 Å². The molecule has 0 saturated carbocycles. The molecule has 0 spiro atoms. The van der Waals surface area contributed by atoms with Crippen molar-refractivity contribution < 1.29 is 131 Å². The number of anilines is 1. The summed E-state index contributed by atoms with van der Waals surface area (Å²) in [6.07, 6.45) is 6.46. The first kappa shape index (κ1) is 61.5. The minimum Gasteiger partial charge on any atom is -0.748 e. The summed E-state index contributed by atoms with van der Waals surface area (Å²) in [5, 5.41) is 1.19. The summed E-state index contributed by atoms with van der Waals surface area (Å²) in [7, 11) is -12.4. The fraction of sp³-hybridized carbons (Fsp3) is 0.522. The molecule has 3 heterocycles. The molecule has 4 aliphatic rings. The standard InChI is InChI=1S/C46H61N3O16S3.2Na/c1-45(2,3)37-31-34(64-40-30-33(15-17-36(37)40)47(22-11-29-67(56,57)58)24-25-63-27-26-62-5)12-9-13-41-46(4,21-10-28-66(53,54)55)38-32-35(68(59,60)61)16-18-39(38)48(41)23-8-6-7-14-44(52)65-49-42(50)19-20-43(49)51;;/h9,12-13,15-18,30-32H,6-8,10-11,14,19-29H2,1-5H3,(H2-,53,54,55,56,57,58,59,60,61);;/q;2*+1/p-2. The van der Waals surface area contributed by atoms with Crippen LogP contribution in [0, 0.1) is 0 Å². The Morgan fingerprint density at radius 1 is 0.843 bits per heavy atom. The van der Waals surface area contributed by atoms with E-state index in [1.165, 1.54) is 18.2 Å². The number of carbonyl (C=O) groups is 3. The second-order valence-electron chi connectivity index (χ2n) is 17.9. The van der Waals surface area contributed by atoms with Gasteiger partial charge in [-0.25, -0.2) is 34.6 Å². The van der Waals surface area contributed by atoms with E-state index in [1.54, 1.807) is 32.3 Å². The summed E-state index contributed by atoms with van der Waals surface area (Å²) in [5.74, 6) is -2.18. The Hall–Kier alpha value is -2.81. The number of hydrogen-bond donors (Lipinski definition) is 0. The molecular weight excluding hydrogens is 993 g/mol. The molecular formula is C46H59N3Na2O16S3. The van der Waals surface area contributed by atoms with Crippen LogP contribution in [-0.4, -0.2) is 120 Å². The summed E-state index contributed by atoms with van der Waals surface area (Å²) in [4.78, 5) is 42.7. The van der Waals surface area contributed by atoms with Gasteiger partial charge in [0.1, 0.15) is 34.8 Å². The van der Waals surface area contributed by atoms with E-state index < -0.39 is 70.0 Å². The molecule has 0 radical (unpaired) electrons. The summed E-state index contributed by atoms with van der Waals surface area (Å²) >= 11 is 0. The molecule has 1 aromatic carbocycles. The minimum atomic E-state index is -4.92. The van der Waals surface area contributed by atoms with Crippen LogP contribution in [-0.2, 0) is 69.9 Å². The molecule has 0 aromatic heterocycles. The fourth-order valence-electron chi connectivity index (χ4n) is 8.36. The fourth-order valence-corrected chi connectivity index (χ4v) is 9.84. The van der Waals surface area contributed by atoms with E-state index in [-0.39, 0.29) is 110 Å². The molecule has 1 atom stereocenters. The van der Waals surface area contributed by atoms with E-state index >= 15 is 0 Å². The van der Waals surface area contributed by atoms with E-state index in [2.05, 4.69) is 0 Å². The van der Waals surface area contributed by atoms with Gasteiger partial charge in [-0.3, -0.25) is 9.59 Å². The van der Waals surface area contributed by atoms with Crippen LogP contribution in [0.15, 0.2) is 69.6 Å². The number of ether oxygens (including phenoxy) is 2. The second-order valence-corrected chi connectivity index (χ2v) is 22.4. The Morgan fingerprint density at radius 3 is 2.14 bits per heavy atom. The molecule has 2 amide bonds. The van der Waals surface area contributed by atoms with Crippen LogP contribution in [0.25, 0.3) is 17.4 Å². The first-order valence-electron chi connectivity index (χ1n) is 22.2. The van der Waals surface area contributed by atoms with Crippen molar-refractivity contribution >= 4 is 59.9 Å². The van der Waals surface area contributed by atoms with Crippen molar-refractivity contribution in [3.05, 3.63) is 82.6 Å². The van der Waals surface area contributed by atoms with Crippen molar-refractivity contribution in [3.8, 4) is 11.3 Å². The minimum absolute atomic E-state index is 0. The van der Waals surface area contributed by atoms with Gasteiger partial charge in [0, 0.05) is 79.3 Å². The average molecular weight is 1050 g/mol. The second kappa shape index (κ2) is 26.4. The Morgan fingerprint density at radius 2 is 1.51 bits per heavy atom. The van der Waals surface area contributed by atoms with Crippen LogP contribution in [0.2, 0.25) is 0 Å². The molecule has 0 N–H and O–H groups in total. The van der Waals surface area contributed by atoms with E-state index in [9.17, 15) is 53.3 Å². The smallest absolute Gasteiger partial charge is 0.748 e. The number of hydrogen-bond acceptors (Lipinski definition) is 17. The number of allylic oxidation sites excluding steroid dienone is 3. The number of hydroxylamine groups is 2. The van der Waals surface area contributed by atoms with Crippen molar-refractivity contribution in [2.75, 3.05) is 63.0 Å². The molecule has 70 heavy (non-hydrogen) atoms. The number of carbonyl (C=O) groups excluding carboxylic acids is 3. The summed E-state index contributed by atoms with van der Waals surface area (Å²) in [5.41, 5.74) is 1.85. The first-order valence-corrected chi connectivity index (χ1v) is 26.8. The third-order valence-electron chi connectivity index (χ3n) is 11.7. The summed E-state index contributed by atoms with van der Waals surface area (Å²) < 4.78 is 126. The largest absolute Gasteiger partial charge is 1.00 e. The average Bonchev–Trinajstić information content (AvgIpc) is 3.67. The quantitative estimate of drug-likeness (QED) is 0.0313. The van der Waals surface area contributed by atoms with Gasteiger partial charge >= 0.3 is 65.1 Å². The van der Waals surface area contributed by atoms with Crippen LogP contribution in [0.5, 0.6) is 0 Å². The SMILES string of the molecule is COCCOCC[N+](CCCS(=O)(=O)[O-])=c1ccc2c(C(C)(C)C)cc(/C=C/C=C3/N(CCCCCC(=O)ON4C(=O)CCC4=O)c4ccc(S(=O)(=O)[O-])cc4C3(C)CCCS(=O)(=O)[O-])oc-2c1.[Na+].[Na+]. The zero-order valence-corrected chi connectivity index (χ0v) is 47.3. The molecule has 5 rings (SSSR count). The number of rotatable bonds is 24. The zero-order chi connectivity index (χ0) is 50.1. The number of methoxy groups -OCH3 is 1. The van der Waals surface area contributed by atoms with Gasteiger partial charge in [0.2, 0.25) is 5.36 Å². The Labute approximate surface area is 454 Å². The van der Waals surface area contributed by atoms with Crippen LogP contribution < -0.4 is 73.9 Å². The number of nitrogens with zero attached hydrogens (tertiary/aromatic N) is 3. The molecule has 1 aliphatic carbocycles. The third kappa shape index (κ3) is 17.4. The molecule has 3 aliphatic heterocycles. The number of fused-ring (bicyclic) bond motifs is 2. The van der Waals surface area contributed by atoms with E-state index in [1.807, 2.05) is 54.5 Å². The van der Waals surface area contributed by atoms with Gasteiger partial charge in [-0.2, -0.15) is 0 Å². The molecule has 24 heteroatoms. The van der Waals surface area contributed by atoms with Crippen molar-refractivity contribution in [1.82, 2.24) is 9.64 Å². The van der Waals surface area contributed by atoms with Crippen LogP contribution in [0.4, 0.5) is 5.69 Å². The van der Waals surface area contributed by atoms with Gasteiger partial charge < -0.3 is 37.3 Å². The van der Waals surface area contributed by atoms with Gasteiger partial charge in [0.15, 0.2) is 6.54 Å². The van der Waals surface area contributed by atoms with E-state index in [0.29, 0.717) is 91.1 Å². The van der Waals surface area contributed by atoms with Gasteiger partial charge in [-0.1, -0.05) is 33.3 Å². The molecule has 374 valence electrons. The van der Waals surface area contributed by atoms with Crippen LogP contribution >= 0.6 is 0 Å². The summed E-state index contributed by atoms with van der Waals surface area (Å²) in [6, 6.07) is 11.5. The maximum absolute atomic E-state index is 12.5. The molecule has 1 fully saturated rings. The zero-order valence-electron chi connectivity index (χ0n) is 40.9. The first-order chi connectivity index (χ1) is 31.8. The Kier molecular flexibility index (Phi) is 23.2. The van der Waals surface area contributed by atoms with Crippen LogP contribution in [0.3, 0.4) is 0 Å². The van der Waals surface area contributed by atoms with Crippen molar-refractivity contribution in [2.45, 2.75) is 101 Å². The van der Waals surface area contributed by atoms with Crippen LogP contribution in [0.1, 0.15) is 102 Å². The van der Waals surface area contributed by atoms with E-state index in [4.69, 9.17) is 18.7 Å². The normalized spacial score (nSPS) is 17.6. The third-order valence-corrected chi connectivity index (χ3v) is 14.2. The monoisotopic (exact) mass is 1050 g/mol. The van der Waals surface area contributed by atoms with Gasteiger partial charge in [-0.15, -0.1) is 5.06 Å². The summed E-state index contributed by atoms with van der Waals surface area (Å²) in [6.45, 7) is 9.92. The number of benzene rings is 2. The number of amides is 2. The van der Waals surface area contributed by atoms with Gasteiger partial charge in [-0.05, 0) is 91.6 Å². The maximum atomic E-state index is 12.5. The molecule has 0 bridgehead atoms. The molecule has 1 aromatic rings. The topological polar surface area (TPSA) is 273 Å². The van der Waals surface area contributed by atoms with Gasteiger partial charge in [0.05, 0.1) is 44.4 Å². The maximum Gasteiger partial charge on any atom is 1.00 e. The van der Waals surface area contributed by atoms with Crippen molar-refractivity contribution in [2.24, 2.45) is 0 Å². The predicted molar refractivity (Wildman–Crippen MR) is 247 cm³/mol. The van der Waals surface area contributed by atoms with Gasteiger partial charge in [0.25, 0.3) is 11.8 Å². The Bertz CT molecular complexity index is 2770. The molecule has 1 unspecified atom stereocenters.